The van der Waals surface area contributed by atoms with Crippen LogP contribution in [-0.4, -0.2) is 9.13 Å². The molecule has 8 aromatic carbocycles. The molecule has 0 N–H and O–H groups in total. The van der Waals surface area contributed by atoms with Crippen LogP contribution in [0, 0.1) is 6.57 Å². The fourth-order valence-electron chi connectivity index (χ4n) is 7.84. The predicted octanol–water partition coefficient (Wildman–Crippen LogP) is 12.4. The largest absolute Gasteiger partial charge is 0.309 e. The zero-order chi connectivity index (χ0) is 31.8. The van der Waals surface area contributed by atoms with Crippen LogP contribution in [0.15, 0.2) is 164 Å². The van der Waals surface area contributed by atoms with E-state index in [1.165, 1.54) is 54.7 Å². The van der Waals surface area contributed by atoms with Gasteiger partial charge in [-0.15, -0.1) is 0 Å². The van der Waals surface area contributed by atoms with Crippen molar-refractivity contribution in [1.29, 1.82) is 0 Å². The van der Waals surface area contributed by atoms with Gasteiger partial charge >= 0.3 is 0 Å². The fourth-order valence-corrected chi connectivity index (χ4v) is 7.84. The van der Waals surface area contributed by atoms with Crippen molar-refractivity contribution in [2.45, 2.75) is 0 Å². The molecule has 3 heteroatoms. The first-order valence-corrected chi connectivity index (χ1v) is 16.2. The number of rotatable bonds is 3. The Bertz CT molecular complexity index is 2950. The molecule has 222 valence electrons. The maximum atomic E-state index is 7.65. The Balaban J connectivity index is 1.33. The van der Waals surface area contributed by atoms with Crippen molar-refractivity contribution in [1.82, 2.24) is 9.13 Å². The second-order valence-electron chi connectivity index (χ2n) is 12.4. The third-order valence-corrected chi connectivity index (χ3v) is 9.89. The van der Waals surface area contributed by atoms with Crippen LogP contribution in [0.1, 0.15) is 0 Å². The van der Waals surface area contributed by atoms with Crippen molar-refractivity contribution in [3.05, 3.63) is 175 Å². The van der Waals surface area contributed by atoms with Crippen LogP contribution in [0.2, 0.25) is 0 Å². The van der Waals surface area contributed by atoms with Crippen LogP contribution >= 0.6 is 0 Å². The topological polar surface area (TPSA) is 14.2 Å². The van der Waals surface area contributed by atoms with Crippen LogP contribution in [0.3, 0.4) is 0 Å². The standard InChI is InChI=1S/C45H27N3/c1-46-31-25-23-29-21-22-30-24-26-33(28-40(30)39(29)27-31)48-41-18-7-5-13-34(41)36-16-9-17-37(45(36)48)35-15-10-20-43-44(35)38-14-6-8-19-42(38)47(43)32-11-3-2-4-12-32/h2-28H. The molecule has 0 radical (unpaired) electrons. The van der Waals surface area contributed by atoms with Crippen molar-refractivity contribution < 1.29 is 0 Å². The van der Waals surface area contributed by atoms with E-state index in [2.05, 4.69) is 166 Å². The molecule has 3 nitrogen and oxygen atoms in total. The monoisotopic (exact) mass is 609 g/mol. The first-order valence-electron chi connectivity index (χ1n) is 16.2. The summed E-state index contributed by atoms with van der Waals surface area (Å²) < 4.78 is 4.82. The summed E-state index contributed by atoms with van der Waals surface area (Å²) in [5, 5.41) is 9.47. The molecular weight excluding hydrogens is 583 g/mol. The normalized spacial score (nSPS) is 11.7. The highest BCUT2D eigenvalue weighted by atomic mass is 15.0. The first-order chi connectivity index (χ1) is 23.8. The molecule has 0 saturated carbocycles. The predicted molar refractivity (Wildman–Crippen MR) is 202 cm³/mol. The van der Waals surface area contributed by atoms with Crippen molar-refractivity contribution in [2.24, 2.45) is 0 Å². The summed E-state index contributed by atoms with van der Waals surface area (Å²) in [6.45, 7) is 7.65. The Morgan fingerprint density at radius 2 is 1.00 bits per heavy atom. The van der Waals surface area contributed by atoms with Gasteiger partial charge in [0.2, 0.25) is 0 Å². The van der Waals surface area contributed by atoms with E-state index in [0.29, 0.717) is 5.69 Å². The smallest absolute Gasteiger partial charge is 0.187 e. The number of hydrogen-bond acceptors (Lipinski definition) is 0. The van der Waals surface area contributed by atoms with Gasteiger partial charge in [0, 0.05) is 38.5 Å². The highest BCUT2D eigenvalue weighted by Gasteiger charge is 2.21. The number of hydrogen-bond donors (Lipinski definition) is 0. The Labute approximate surface area is 276 Å². The summed E-state index contributed by atoms with van der Waals surface area (Å²) in [5.41, 5.74) is 10.0. The maximum Gasteiger partial charge on any atom is 0.187 e. The summed E-state index contributed by atoms with van der Waals surface area (Å²) in [6, 6.07) is 58.6. The molecule has 2 aromatic heterocycles. The van der Waals surface area contributed by atoms with Crippen molar-refractivity contribution in [3.8, 4) is 22.5 Å². The minimum Gasteiger partial charge on any atom is -0.309 e. The quantitative estimate of drug-likeness (QED) is 0.140. The Kier molecular flexibility index (Phi) is 5.64. The number of fused-ring (bicyclic) bond motifs is 9. The summed E-state index contributed by atoms with van der Waals surface area (Å²) >= 11 is 0. The van der Waals surface area contributed by atoms with Crippen molar-refractivity contribution >= 4 is 70.8 Å². The molecule has 0 atom stereocenters. The molecule has 10 rings (SSSR count). The molecule has 48 heavy (non-hydrogen) atoms. The van der Waals surface area contributed by atoms with Crippen molar-refractivity contribution in [2.75, 3.05) is 0 Å². The average Bonchev–Trinajstić information content (AvgIpc) is 3.68. The van der Waals surface area contributed by atoms with Crippen LogP contribution in [-0.2, 0) is 0 Å². The van der Waals surface area contributed by atoms with Gasteiger partial charge in [-0.2, -0.15) is 0 Å². The van der Waals surface area contributed by atoms with E-state index in [1.54, 1.807) is 0 Å². The van der Waals surface area contributed by atoms with Gasteiger partial charge < -0.3 is 9.13 Å². The number of nitrogens with zero attached hydrogens (tertiary/aromatic N) is 3. The first kappa shape index (κ1) is 26.6. The van der Waals surface area contributed by atoms with E-state index < -0.39 is 0 Å². The van der Waals surface area contributed by atoms with Crippen molar-refractivity contribution in [3.63, 3.8) is 0 Å². The summed E-state index contributed by atoms with van der Waals surface area (Å²) in [4.78, 5) is 3.74. The molecule has 0 aliphatic heterocycles. The third-order valence-electron chi connectivity index (χ3n) is 9.89. The summed E-state index contributed by atoms with van der Waals surface area (Å²) in [5.74, 6) is 0. The van der Waals surface area contributed by atoms with Gasteiger partial charge in [-0.05, 0) is 75.6 Å². The average molecular weight is 610 g/mol. The van der Waals surface area contributed by atoms with Gasteiger partial charge in [0.05, 0.1) is 28.6 Å². The lowest BCUT2D eigenvalue weighted by Gasteiger charge is -2.14. The molecule has 0 fully saturated rings. The van der Waals surface area contributed by atoms with E-state index in [-0.39, 0.29) is 0 Å². The molecule has 0 amide bonds. The summed E-state index contributed by atoms with van der Waals surface area (Å²) in [6.07, 6.45) is 0. The Morgan fingerprint density at radius 3 is 1.81 bits per heavy atom. The van der Waals surface area contributed by atoms with Gasteiger partial charge in [-0.1, -0.05) is 115 Å². The highest BCUT2D eigenvalue weighted by Crippen LogP contribution is 2.44. The molecular formula is C45H27N3. The van der Waals surface area contributed by atoms with Gasteiger partial charge in [-0.25, -0.2) is 4.85 Å². The van der Waals surface area contributed by atoms with Gasteiger partial charge in [0.15, 0.2) is 5.69 Å². The zero-order valence-electron chi connectivity index (χ0n) is 25.9. The summed E-state index contributed by atoms with van der Waals surface area (Å²) in [7, 11) is 0. The highest BCUT2D eigenvalue weighted by molar-refractivity contribution is 6.21. The SMILES string of the molecule is [C-]#[N+]c1ccc2ccc3ccc(-n4c5ccccc5c5cccc(-c6cccc7c6c6ccccc6n7-c6ccccc6)c54)cc3c2c1. The molecule has 0 bridgehead atoms. The number of aromatic nitrogens is 2. The third kappa shape index (κ3) is 3.75. The lowest BCUT2D eigenvalue weighted by atomic mass is 9.97. The van der Waals surface area contributed by atoms with E-state index >= 15 is 0 Å². The Hall–Kier alpha value is -6.63. The number of benzene rings is 8. The zero-order valence-corrected chi connectivity index (χ0v) is 25.9. The molecule has 0 aliphatic rings. The molecule has 0 saturated heterocycles. The molecule has 0 aliphatic carbocycles. The minimum atomic E-state index is 0.655. The van der Waals surface area contributed by atoms with E-state index in [9.17, 15) is 0 Å². The van der Waals surface area contributed by atoms with Crippen LogP contribution in [0.5, 0.6) is 0 Å². The van der Waals surface area contributed by atoms with E-state index in [1.807, 2.05) is 12.1 Å². The minimum absolute atomic E-state index is 0.655. The van der Waals surface area contributed by atoms with Gasteiger partial charge in [-0.3, -0.25) is 0 Å². The molecule has 0 unspecified atom stereocenters. The second kappa shape index (κ2) is 10.2. The lowest BCUT2D eigenvalue weighted by Crippen LogP contribution is -1.96. The fraction of sp³-hybridized carbons (Fsp3) is 0. The molecule has 0 spiro atoms. The van der Waals surface area contributed by atoms with Crippen LogP contribution in [0.4, 0.5) is 5.69 Å². The van der Waals surface area contributed by atoms with E-state index in [0.717, 1.165) is 32.9 Å². The van der Waals surface area contributed by atoms with Gasteiger partial charge in [0.1, 0.15) is 0 Å². The lowest BCUT2D eigenvalue weighted by molar-refractivity contribution is 1.18. The van der Waals surface area contributed by atoms with Crippen LogP contribution < -0.4 is 0 Å². The second-order valence-corrected chi connectivity index (χ2v) is 12.4. The van der Waals surface area contributed by atoms with Crippen LogP contribution in [0.25, 0.3) is 92.5 Å². The molecule has 2 heterocycles. The maximum absolute atomic E-state index is 7.65. The molecule has 10 aromatic rings. The van der Waals surface area contributed by atoms with E-state index in [4.69, 9.17) is 6.57 Å². The van der Waals surface area contributed by atoms with Gasteiger partial charge in [0.25, 0.3) is 0 Å². The Morgan fingerprint density at radius 1 is 0.396 bits per heavy atom. The number of para-hydroxylation sites is 4.